The molecule has 5 nitrogen and oxygen atoms in total. The molecule has 0 radical (unpaired) electrons. The van der Waals surface area contributed by atoms with Gasteiger partial charge in [-0.3, -0.25) is 14.6 Å². The predicted octanol–water partition coefficient (Wildman–Crippen LogP) is 4.47. The van der Waals surface area contributed by atoms with Gasteiger partial charge in [-0.25, -0.2) is 4.98 Å². The molecule has 0 aliphatic carbocycles. The van der Waals surface area contributed by atoms with E-state index in [2.05, 4.69) is 11.0 Å². The number of carbonyl (C=O) groups excluding carboxylic acids is 1. The van der Waals surface area contributed by atoms with Gasteiger partial charge in [0.25, 0.3) is 0 Å². The number of benzene rings is 2. The number of fused-ring (bicyclic) bond motifs is 1. The number of thiazole rings is 1. The molecule has 1 aliphatic rings. The molecule has 1 saturated heterocycles. The second-order valence-electron chi connectivity index (χ2n) is 7.70. The van der Waals surface area contributed by atoms with Crippen LogP contribution in [0.5, 0.6) is 0 Å². The van der Waals surface area contributed by atoms with Crippen LogP contribution in [0.4, 0.5) is 5.13 Å². The molecule has 30 heavy (non-hydrogen) atoms. The first-order chi connectivity index (χ1) is 14.5. The number of aromatic nitrogens is 1. The Morgan fingerprint density at radius 2 is 2.03 bits per heavy atom. The zero-order valence-corrected chi connectivity index (χ0v) is 18.9. The highest BCUT2D eigenvalue weighted by atomic mass is 35.5. The molecule has 0 unspecified atom stereocenters. The van der Waals surface area contributed by atoms with E-state index in [1.165, 1.54) is 11.3 Å². The van der Waals surface area contributed by atoms with Crippen LogP contribution in [0.2, 0.25) is 5.02 Å². The lowest BCUT2D eigenvalue weighted by Crippen LogP contribution is -2.43. The van der Waals surface area contributed by atoms with E-state index >= 15 is 0 Å². The number of amides is 1. The molecule has 0 saturated carbocycles. The summed E-state index contributed by atoms with van der Waals surface area (Å²) in [5.41, 5.74) is 4.12. The fraction of sp³-hybridized carbons (Fsp3) is 0.391. The van der Waals surface area contributed by atoms with Gasteiger partial charge < -0.3 is 4.74 Å². The van der Waals surface area contributed by atoms with Gasteiger partial charge in [-0.1, -0.05) is 58.8 Å². The van der Waals surface area contributed by atoms with Gasteiger partial charge >= 0.3 is 0 Å². The number of hydrogen-bond donors (Lipinski definition) is 0. The summed E-state index contributed by atoms with van der Waals surface area (Å²) in [5.74, 6) is 0.0571. The van der Waals surface area contributed by atoms with Gasteiger partial charge in [0.2, 0.25) is 5.91 Å². The molecule has 1 aromatic heterocycles. The number of carbonyl (C=O) groups is 1. The topological polar surface area (TPSA) is 45.7 Å². The summed E-state index contributed by atoms with van der Waals surface area (Å²) in [6, 6.07) is 12.0. The van der Waals surface area contributed by atoms with E-state index in [4.69, 9.17) is 21.3 Å². The van der Waals surface area contributed by atoms with Crippen molar-refractivity contribution in [1.29, 1.82) is 0 Å². The number of hydrogen-bond acceptors (Lipinski definition) is 5. The van der Waals surface area contributed by atoms with Crippen molar-refractivity contribution in [2.45, 2.75) is 20.3 Å². The van der Waals surface area contributed by atoms with Crippen molar-refractivity contribution in [2.75, 3.05) is 44.3 Å². The van der Waals surface area contributed by atoms with Crippen LogP contribution in [0.25, 0.3) is 10.2 Å². The van der Waals surface area contributed by atoms with Gasteiger partial charge in [-0.15, -0.1) is 0 Å². The minimum absolute atomic E-state index is 0.0571. The highest BCUT2D eigenvalue weighted by molar-refractivity contribution is 7.23. The molecule has 1 amide bonds. The van der Waals surface area contributed by atoms with Crippen LogP contribution < -0.4 is 4.90 Å². The lowest BCUT2D eigenvalue weighted by Gasteiger charge is -2.29. The molecule has 4 rings (SSSR count). The number of aryl methyl sites for hydroxylation is 2. The van der Waals surface area contributed by atoms with Crippen LogP contribution in [0.3, 0.4) is 0 Å². The molecule has 1 fully saturated rings. The van der Waals surface area contributed by atoms with Gasteiger partial charge in [-0.2, -0.15) is 0 Å². The molecule has 0 spiro atoms. The molecule has 2 heterocycles. The molecule has 158 valence electrons. The smallest absolute Gasteiger partial charge is 0.233 e. The van der Waals surface area contributed by atoms with Crippen molar-refractivity contribution in [3.63, 3.8) is 0 Å². The zero-order chi connectivity index (χ0) is 21.1. The zero-order valence-electron chi connectivity index (χ0n) is 17.4. The monoisotopic (exact) mass is 443 g/mol. The second kappa shape index (κ2) is 9.43. The maximum absolute atomic E-state index is 13.4. The Hall–Kier alpha value is -1.99. The minimum atomic E-state index is 0.0571. The quantitative estimate of drug-likeness (QED) is 0.563. The number of nitrogens with zero attached hydrogens (tertiary/aromatic N) is 3. The number of rotatable bonds is 6. The highest BCUT2D eigenvalue weighted by Crippen LogP contribution is 2.35. The number of halogens is 1. The van der Waals surface area contributed by atoms with Crippen LogP contribution in [0, 0.1) is 13.8 Å². The van der Waals surface area contributed by atoms with E-state index in [9.17, 15) is 4.79 Å². The van der Waals surface area contributed by atoms with Gasteiger partial charge in [0.05, 0.1) is 34.9 Å². The Labute approximate surface area is 186 Å². The van der Waals surface area contributed by atoms with E-state index < -0.39 is 0 Å². The Morgan fingerprint density at radius 1 is 1.23 bits per heavy atom. The first-order valence-corrected chi connectivity index (χ1v) is 11.4. The average Bonchev–Trinajstić information content (AvgIpc) is 3.18. The number of morpholine rings is 1. The minimum Gasteiger partial charge on any atom is -0.379 e. The third kappa shape index (κ3) is 4.83. The normalized spacial score (nSPS) is 14.9. The standard InChI is InChI=1S/C23H26ClN3O2S/c1-16-4-3-5-18(14-16)15-20(28)27(9-8-26-10-12-29-13-11-26)23-25-21-17(2)6-7-19(24)22(21)30-23/h3-7,14H,8-13,15H2,1-2H3. The molecule has 7 heteroatoms. The molecule has 2 aromatic carbocycles. The average molecular weight is 444 g/mol. The van der Waals surface area contributed by atoms with E-state index in [0.717, 1.165) is 59.8 Å². The molecular formula is C23H26ClN3O2S. The van der Waals surface area contributed by atoms with E-state index in [1.54, 1.807) is 0 Å². The summed E-state index contributed by atoms with van der Waals surface area (Å²) in [6.07, 6.45) is 0.355. The maximum atomic E-state index is 13.4. The molecule has 0 N–H and O–H groups in total. The van der Waals surface area contributed by atoms with Crippen molar-refractivity contribution < 1.29 is 9.53 Å². The lowest BCUT2D eigenvalue weighted by atomic mass is 10.1. The van der Waals surface area contributed by atoms with Gasteiger partial charge in [0, 0.05) is 26.2 Å². The summed E-state index contributed by atoms with van der Waals surface area (Å²) >= 11 is 7.91. The molecule has 0 bridgehead atoms. The van der Waals surface area contributed by atoms with Gasteiger partial charge in [0.15, 0.2) is 5.13 Å². The van der Waals surface area contributed by atoms with Crippen molar-refractivity contribution in [1.82, 2.24) is 9.88 Å². The van der Waals surface area contributed by atoms with E-state index in [0.29, 0.717) is 23.1 Å². The maximum Gasteiger partial charge on any atom is 0.233 e. The molecule has 1 aliphatic heterocycles. The van der Waals surface area contributed by atoms with Crippen LogP contribution >= 0.6 is 22.9 Å². The summed E-state index contributed by atoms with van der Waals surface area (Å²) in [6.45, 7) is 8.74. The third-order valence-corrected chi connectivity index (χ3v) is 6.94. The number of ether oxygens (including phenoxy) is 1. The fourth-order valence-corrected chi connectivity index (χ4v) is 5.05. The molecule has 0 atom stereocenters. The predicted molar refractivity (Wildman–Crippen MR) is 124 cm³/mol. The van der Waals surface area contributed by atoms with Crippen LogP contribution in [0.1, 0.15) is 16.7 Å². The second-order valence-corrected chi connectivity index (χ2v) is 9.09. The van der Waals surface area contributed by atoms with Crippen molar-refractivity contribution in [3.8, 4) is 0 Å². The van der Waals surface area contributed by atoms with E-state index in [1.807, 2.05) is 49.1 Å². The number of anilines is 1. The molecule has 3 aromatic rings. The fourth-order valence-electron chi connectivity index (χ4n) is 3.69. The Morgan fingerprint density at radius 3 is 2.77 bits per heavy atom. The van der Waals surface area contributed by atoms with Crippen LogP contribution in [0.15, 0.2) is 36.4 Å². The highest BCUT2D eigenvalue weighted by Gasteiger charge is 2.23. The molecular weight excluding hydrogens is 418 g/mol. The van der Waals surface area contributed by atoms with Crippen molar-refractivity contribution in [3.05, 3.63) is 58.1 Å². The van der Waals surface area contributed by atoms with Gasteiger partial charge in [0.1, 0.15) is 0 Å². The van der Waals surface area contributed by atoms with Gasteiger partial charge in [-0.05, 0) is 31.0 Å². The van der Waals surface area contributed by atoms with Crippen LogP contribution in [-0.4, -0.2) is 55.2 Å². The largest absolute Gasteiger partial charge is 0.379 e. The van der Waals surface area contributed by atoms with E-state index in [-0.39, 0.29) is 5.91 Å². The lowest BCUT2D eigenvalue weighted by molar-refractivity contribution is -0.118. The van der Waals surface area contributed by atoms with Crippen LogP contribution in [-0.2, 0) is 16.0 Å². The Kier molecular flexibility index (Phi) is 6.68. The summed E-state index contributed by atoms with van der Waals surface area (Å²) in [4.78, 5) is 22.3. The first kappa shape index (κ1) is 21.2. The summed E-state index contributed by atoms with van der Waals surface area (Å²) in [5, 5.41) is 1.39. The summed E-state index contributed by atoms with van der Waals surface area (Å²) in [7, 11) is 0. The first-order valence-electron chi connectivity index (χ1n) is 10.2. The Bertz CT molecular complexity index is 1010. The van der Waals surface area contributed by atoms with Crippen molar-refractivity contribution in [2.24, 2.45) is 0 Å². The SMILES string of the molecule is Cc1cccc(CC(=O)N(CCN2CCOCC2)c2nc3c(C)ccc(Cl)c3s2)c1. The van der Waals surface area contributed by atoms with Crippen molar-refractivity contribution >= 4 is 44.2 Å². The Balaban J connectivity index is 1.61. The summed E-state index contributed by atoms with van der Waals surface area (Å²) < 4.78 is 6.38. The third-order valence-electron chi connectivity index (χ3n) is 5.40.